The number of aromatic nitrogens is 3. The third-order valence-corrected chi connectivity index (χ3v) is 4.25. The summed E-state index contributed by atoms with van der Waals surface area (Å²) in [7, 11) is 0. The Balaban J connectivity index is 1.85. The molecule has 1 heterocycles. The van der Waals surface area contributed by atoms with E-state index in [-0.39, 0.29) is 12.4 Å². The highest BCUT2D eigenvalue weighted by Gasteiger charge is 2.14. The molecule has 0 saturated carbocycles. The van der Waals surface area contributed by atoms with Gasteiger partial charge in [0.1, 0.15) is 17.2 Å². The fraction of sp³-hybridized carbons (Fsp3) is 0.263. The third-order valence-electron chi connectivity index (χ3n) is 3.90. The number of benzene rings is 2. The highest BCUT2D eigenvalue weighted by Crippen LogP contribution is 2.22. The molecule has 0 unspecified atom stereocenters. The van der Waals surface area contributed by atoms with Gasteiger partial charge in [0.05, 0.1) is 6.54 Å². The number of rotatable bonds is 8. The smallest absolute Gasteiger partial charge is 0.124 e. The zero-order valence-corrected chi connectivity index (χ0v) is 15.0. The molecule has 7 heteroatoms. The van der Waals surface area contributed by atoms with Crippen molar-refractivity contribution in [2.75, 3.05) is 13.2 Å². The Labute approximate surface area is 156 Å². The van der Waals surface area contributed by atoms with Gasteiger partial charge in [0.25, 0.3) is 0 Å². The Morgan fingerprint density at radius 3 is 2.65 bits per heavy atom. The maximum Gasteiger partial charge on any atom is 0.124 e. The summed E-state index contributed by atoms with van der Waals surface area (Å²) in [5.41, 5.74) is 3.33. The highest BCUT2D eigenvalue weighted by atomic mass is 35.5. The molecule has 0 saturated heterocycles. The first-order chi connectivity index (χ1) is 12.7. The fourth-order valence-electron chi connectivity index (χ4n) is 2.61. The Kier molecular flexibility index (Phi) is 6.33. The van der Waals surface area contributed by atoms with Crippen LogP contribution in [0.2, 0.25) is 5.02 Å². The van der Waals surface area contributed by atoms with Gasteiger partial charge in [-0.15, -0.1) is 0 Å². The molecule has 1 aromatic heterocycles. The average molecular weight is 375 g/mol. The van der Waals surface area contributed by atoms with Crippen molar-refractivity contribution in [2.45, 2.75) is 19.5 Å². The van der Waals surface area contributed by atoms with Crippen molar-refractivity contribution in [2.24, 2.45) is 0 Å². The molecule has 2 aromatic carbocycles. The van der Waals surface area contributed by atoms with Gasteiger partial charge in [-0.3, -0.25) is 0 Å². The molecule has 0 aliphatic heterocycles. The van der Waals surface area contributed by atoms with Gasteiger partial charge < -0.3 is 10.4 Å². The van der Waals surface area contributed by atoms with Gasteiger partial charge in [-0.2, -0.15) is 15.0 Å². The van der Waals surface area contributed by atoms with Gasteiger partial charge in [0.2, 0.25) is 0 Å². The molecule has 0 radical (unpaired) electrons. The van der Waals surface area contributed by atoms with Crippen molar-refractivity contribution in [1.82, 2.24) is 20.3 Å². The highest BCUT2D eigenvalue weighted by molar-refractivity contribution is 6.31. The van der Waals surface area contributed by atoms with Crippen molar-refractivity contribution in [3.05, 3.63) is 70.6 Å². The number of halogens is 2. The van der Waals surface area contributed by atoms with Gasteiger partial charge in [-0.25, -0.2) is 4.39 Å². The van der Waals surface area contributed by atoms with Crippen LogP contribution in [0.4, 0.5) is 4.39 Å². The Morgan fingerprint density at radius 1 is 1.12 bits per heavy atom. The lowest BCUT2D eigenvalue weighted by Crippen LogP contribution is -2.16. The lowest BCUT2D eigenvalue weighted by Gasteiger charge is -2.03. The lowest BCUT2D eigenvalue weighted by atomic mass is 10.1. The van der Waals surface area contributed by atoms with Crippen LogP contribution in [0.25, 0.3) is 11.3 Å². The van der Waals surface area contributed by atoms with Crippen LogP contribution in [0.15, 0.2) is 48.5 Å². The summed E-state index contributed by atoms with van der Waals surface area (Å²) in [6.45, 7) is 1.74. The first-order valence-electron chi connectivity index (χ1n) is 8.42. The first-order valence-corrected chi connectivity index (χ1v) is 8.80. The van der Waals surface area contributed by atoms with Gasteiger partial charge in [0, 0.05) is 23.7 Å². The van der Waals surface area contributed by atoms with Crippen LogP contribution in [0.3, 0.4) is 0 Å². The zero-order chi connectivity index (χ0) is 18.4. The summed E-state index contributed by atoms with van der Waals surface area (Å²) < 4.78 is 13.2. The van der Waals surface area contributed by atoms with Crippen LogP contribution in [-0.4, -0.2) is 33.3 Å². The molecule has 0 aliphatic rings. The second kappa shape index (κ2) is 8.89. The summed E-state index contributed by atoms with van der Waals surface area (Å²) >= 11 is 6.12. The van der Waals surface area contributed by atoms with Gasteiger partial charge >= 0.3 is 0 Å². The molecule has 0 atom stereocenters. The van der Waals surface area contributed by atoms with Crippen molar-refractivity contribution >= 4 is 11.6 Å². The first kappa shape index (κ1) is 18.5. The van der Waals surface area contributed by atoms with Gasteiger partial charge in [0.15, 0.2) is 0 Å². The zero-order valence-electron chi connectivity index (χ0n) is 14.2. The Bertz CT molecular complexity index is 854. The van der Waals surface area contributed by atoms with Crippen molar-refractivity contribution in [3.63, 3.8) is 0 Å². The van der Waals surface area contributed by atoms with E-state index in [1.54, 1.807) is 10.9 Å². The number of aliphatic hydroxyl groups is 1. The number of nitrogens with zero attached hydrogens (tertiary/aromatic N) is 3. The molecular formula is C19H20ClFN4O. The molecule has 2 N–H and O–H groups in total. The average Bonchev–Trinajstić information content (AvgIpc) is 3.05. The Hall–Kier alpha value is -2.28. The molecule has 5 nitrogen and oxygen atoms in total. The van der Waals surface area contributed by atoms with E-state index >= 15 is 0 Å². The van der Waals surface area contributed by atoms with Gasteiger partial charge in [-0.05, 0) is 30.7 Å². The Morgan fingerprint density at radius 2 is 1.92 bits per heavy atom. The van der Waals surface area contributed by atoms with Crippen LogP contribution in [0.5, 0.6) is 0 Å². The maximum atomic E-state index is 13.2. The topological polar surface area (TPSA) is 63.0 Å². The summed E-state index contributed by atoms with van der Waals surface area (Å²) in [6, 6.07) is 14.1. The van der Waals surface area contributed by atoms with Crippen molar-refractivity contribution in [3.8, 4) is 11.3 Å². The van der Waals surface area contributed by atoms with Crippen LogP contribution in [-0.2, 0) is 13.1 Å². The third kappa shape index (κ3) is 4.66. The molecule has 3 rings (SSSR count). The van der Waals surface area contributed by atoms with Crippen LogP contribution in [0, 0.1) is 5.82 Å². The van der Waals surface area contributed by atoms with Crippen molar-refractivity contribution in [1.29, 1.82) is 0 Å². The molecule has 26 heavy (non-hydrogen) atoms. The summed E-state index contributed by atoms with van der Waals surface area (Å²) in [4.78, 5) is 1.57. The largest absolute Gasteiger partial charge is 0.396 e. The van der Waals surface area contributed by atoms with E-state index in [9.17, 15) is 4.39 Å². The minimum Gasteiger partial charge on any atom is -0.396 e. The van der Waals surface area contributed by atoms with E-state index in [0.29, 0.717) is 31.1 Å². The van der Waals surface area contributed by atoms with E-state index in [4.69, 9.17) is 16.7 Å². The molecular weight excluding hydrogens is 355 g/mol. The molecule has 0 spiro atoms. The minimum atomic E-state index is -0.370. The molecule has 0 aliphatic carbocycles. The monoisotopic (exact) mass is 374 g/mol. The van der Waals surface area contributed by atoms with Crippen molar-refractivity contribution < 1.29 is 9.50 Å². The molecule has 3 aromatic rings. The number of nitrogens with one attached hydrogen (secondary N) is 1. The summed E-state index contributed by atoms with van der Waals surface area (Å²) in [5.74, 6) is -0.370. The number of hydrogen-bond donors (Lipinski definition) is 2. The standard InChI is InChI=1S/C19H20ClFN4O/c20-17-11-16(21)8-7-15(17)13-25-23-18(12-22-9-4-10-26)19(24-25)14-5-2-1-3-6-14/h1-3,5-8,11,22,26H,4,9-10,12-13H2. The molecule has 136 valence electrons. The predicted octanol–water partition coefficient (Wildman–Crippen LogP) is 3.26. The van der Waals surface area contributed by atoms with E-state index < -0.39 is 0 Å². The quantitative estimate of drug-likeness (QED) is 0.594. The number of aliphatic hydroxyl groups excluding tert-OH is 1. The van der Waals surface area contributed by atoms with E-state index in [2.05, 4.69) is 15.5 Å². The van der Waals surface area contributed by atoms with E-state index in [1.165, 1.54) is 12.1 Å². The van der Waals surface area contributed by atoms with E-state index in [0.717, 1.165) is 22.5 Å². The normalized spacial score (nSPS) is 11.0. The fourth-order valence-corrected chi connectivity index (χ4v) is 2.83. The lowest BCUT2D eigenvalue weighted by molar-refractivity contribution is 0.286. The van der Waals surface area contributed by atoms with Crippen LogP contribution < -0.4 is 5.32 Å². The van der Waals surface area contributed by atoms with E-state index in [1.807, 2.05) is 30.3 Å². The summed E-state index contributed by atoms with van der Waals surface area (Å²) in [6.07, 6.45) is 0.681. The second-order valence-electron chi connectivity index (χ2n) is 5.88. The van der Waals surface area contributed by atoms with Gasteiger partial charge in [-0.1, -0.05) is 48.0 Å². The number of hydrogen-bond acceptors (Lipinski definition) is 4. The molecule has 0 amide bonds. The molecule has 0 bridgehead atoms. The van der Waals surface area contributed by atoms with Crippen LogP contribution >= 0.6 is 11.6 Å². The second-order valence-corrected chi connectivity index (χ2v) is 6.29. The molecule has 0 fully saturated rings. The maximum absolute atomic E-state index is 13.2. The SMILES string of the molecule is OCCCNCc1nn(Cc2ccc(F)cc2Cl)nc1-c1ccccc1. The minimum absolute atomic E-state index is 0.147. The van der Waals surface area contributed by atoms with Crippen LogP contribution in [0.1, 0.15) is 17.7 Å². The predicted molar refractivity (Wildman–Crippen MR) is 99.4 cm³/mol. The summed E-state index contributed by atoms with van der Waals surface area (Å²) in [5, 5.41) is 21.7.